The molecular formula is C29H31ClO7S. The van der Waals surface area contributed by atoms with Crippen LogP contribution >= 0.6 is 11.6 Å². The number of ether oxygens (including phenoxy) is 3. The number of hydrogen-bond donors (Lipinski definition) is 1. The SMILES string of the molecule is Cc1ccc(COc2ccc3c(c2)OC[C@H]3CC(=O)O)cc1-c1ccc(OCCCS(C)(=O)=O)c(Cl)c1C. The van der Waals surface area contributed by atoms with Gasteiger partial charge in [-0.25, -0.2) is 8.42 Å². The van der Waals surface area contributed by atoms with E-state index in [4.69, 9.17) is 30.9 Å². The Morgan fingerprint density at radius 1 is 1.08 bits per heavy atom. The Hall–Kier alpha value is -3.23. The van der Waals surface area contributed by atoms with Crippen LogP contribution in [-0.2, 0) is 21.2 Å². The van der Waals surface area contributed by atoms with E-state index in [1.54, 1.807) is 0 Å². The third kappa shape index (κ3) is 6.79. The lowest BCUT2D eigenvalue weighted by atomic mass is 9.94. The molecule has 0 fully saturated rings. The fourth-order valence-corrected chi connectivity index (χ4v) is 5.37. The molecule has 0 amide bonds. The number of carboxylic acids is 1. The molecule has 0 radical (unpaired) electrons. The van der Waals surface area contributed by atoms with Crippen molar-refractivity contribution in [2.24, 2.45) is 0 Å². The van der Waals surface area contributed by atoms with Gasteiger partial charge < -0.3 is 19.3 Å². The molecule has 9 heteroatoms. The monoisotopic (exact) mass is 558 g/mol. The Morgan fingerprint density at radius 2 is 1.87 bits per heavy atom. The topological polar surface area (TPSA) is 99.1 Å². The summed E-state index contributed by atoms with van der Waals surface area (Å²) in [5.74, 6) is 0.934. The second-order valence-corrected chi connectivity index (χ2v) is 12.3. The number of aryl methyl sites for hydroxylation is 1. The zero-order valence-corrected chi connectivity index (χ0v) is 23.2. The van der Waals surface area contributed by atoms with Gasteiger partial charge in [0.05, 0.1) is 30.4 Å². The van der Waals surface area contributed by atoms with E-state index < -0.39 is 15.8 Å². The summed E-state index contributed by atoms with van der Waals surface area (Å²) in [5.41, 5.74) is 5.85. The first-order chi connectivity index (χ1) is 18.0. The number of benzene rings is 3. The van der Waals surface area contributed by atoms with Crippen LogP contribution in [0.4, 0.5) is 0 Å². The number of fused-ring (bicyclic) bond motifs is 1. The minimum atomic E-state index is -3.03. The van der Waals surface area contributed by atoms with E-state index in [-0.39, 0.29) is 24.7 Å². The van der Waals surface area contributed by atoms with Crippen LogP contribution in [0, 0.1) is 13.8 Å². The molecule has 1 atom stereocenters. The van der Waals surface area contributed by atoms with Crippen molar-refractivity contribution in [3.8, 4) is 28.4 Å². The lowest BCUT2D eigenvalue weighted by Gasteiger charge is -2.16. The zero-order valence-electron chi connectivity index (χ0n) is 21.6. The van der Waals surface area contributed by atoms with Crippen molar-refractivity contribution < 1.29 is 32.5 Å². The van der Waals surface area contributed by atoms with Gasteiger partial charge in [0.25, 0.3) is 0 Å². The van der Waals surface area contributed by atoms with Gasteiger partial charge in [-0.3, -0.25) is 4.79 Å². The molecule has 3 aromatic carbocycles. The third-order valence-corrected chi connectivity index (χ3v) is 8.05. The Bertz CT molecular complexity index is 1450. The summed E-state index contributed by atoms with van der Waals surface area (Å²) in [4.78, 5) is 11.1. The molecule has 1 aliphatic heterocycles. The van der Waals surface area contributed by atoms with Crippen LogP contribution in [0.2, 0.25) is 5.02 Å². The van der Waals surface area contributed by atoms with Crippen LogP contribution < -0.4 is 14.2 Å². The van der Waals surface area contributed by atoms with E-state index in [0.29, 0.717) is 41.9 Å². The number of halogens is 1. The van der Waals surface area contributed by atoms with Crippen molar-refractivity contribution in [2.45, 2.75) is 39.2 Å². The fourth-order valence-electron chi connectivity index (χ4n) is 4.51. The van der Waals surface area contributed by atoms with Crippen LogP contribution in [0.5, 0.6) is 17.2 Å². The summed E-state index contributed by atoms with van der Waals surface area (Å²) >= 11 is 6.62. The summed E-state index contributed by atoms with van der Waals surface area (Å²) in [6.07, 6.45) is 1.65. The molecule has 0 unspecified atom stereocenters. The first kappa shape index (κ1) is 27.8. The predicted molar refractivity (Wildman–Crippen MR) is 147 cm³/mol. The first-order valence-electron chi connectivity index (χ1n) is 12.3. The molecule has 1 aliphatic rings. The van der Waals surface area contributed by atoms with Gasteiger partial charge in [-0.15, -0.1) is 0 Å². The Morgan fingerprint density at radius 3 is 2.61 bits per heavy atom. The number of carboxylic acid groups (broad SMARTS) is 1. The van der Waals surface area contributed by atoms with E-state index in [1.807, 2.05) is 56.3 Å². The quantitative estimate of drug-likeness (QED) is 0.289. The fraction of sp³-hybridized carbons (Fsp3) is 0.345. The summed E-state index contributed by atoms with van der Waals surface area (Å²) in [6, 6.07) is 15.4. The molecule has 1 N–H and O–H groups in total. The summed E-state index contributed by atoms with van der Waals surface area (Å²) in [6.45, 7) is 4.95. The molecule has 0 aromatic heterocycles. The number of carbonyl (C=O) groups is 1. The van der Waals surface area contributed by atoms with Crippen molar-refractivity contribution in [3.63, 3.8) is 0 Å². The number of aliphatic carboxylic acids is 1. The molecule has 1 heterocycles. The number of hydrogen-bond acceptors (Lipinski definition) is 6. The maximum atomic E-state index is 11.3. The average molecular weight is 559 g/mol. The molecule has 0 aliphatic carbocycles. The zero-order chi connectivity index (χ0) is 27.4. The second kappa shape index (κ2) is 11.7. The summed E-state index contributed by atoms with van der Waals surface area (Å²) in [5, 5.41) is 9.59. The highest BCUT2D eigenvalue weighted by Gasteiger charge is 2.26. The van der Waals surface area contributed by atoms with Gasteiger partial charge in [0, 0.05) is 23.8 Å². The van der Waals surface area contributed by atoms with Crippen molar-refractivity contribution in [2.75, 3.05) is 25.2 Å². The first-order valence-corrected chi connectivity index (χ1v) is 14.8. The van der Waals surface area contributed by atoms with Crippen LogP contribution in [0.15, 0.2) is 48.5 Å². The highest BCUT2D eigenvalue weighted by Crippen LogP contribution is 2.39. The smallest absolute Gasteiger partial charge is 0.304 e. The van der Waals surface area contributed by atoms with E-state index in [9.17, 15) is 13.2 Å². The predicted octanol–water partition coefficient (Wildman–Crippen LogP) is 5.97. The molecule has 38 heavy (non-hydrogen) atoms. The average Bonchev–Trinajstić information content (AvgIpc) is 3.24. The van der Waals surface area contributed by atoms with Gasteiger partial charge in [0.1, 0.15) is 33.7 Å². The lowest BCUT2D eigenvalue weighted by Crippen LogP contribution is -2.08. The van der Waals surface area contributed by atoms with Crippen molar-refractivity contribution in [3.05, 3.63) is 75.8 Å². The second-order valence-electron chi connectivity index (χ2n) is 9.63. The van der Waals surface area contributed by atoms with Crippen molar-refractivity contribution >= 4 is 27.4 Å². The van der Waals surface area contributed by atoms with Crippen LogP contribution in [0.1, 0.15) is 41.0 Å². The minimum Gasteiger partial charge on any atom is -0.492 e. The van der Waals surface area contributed by atoms with E-state index in [1.165, 1.54) is 6.26 Å². The third-order valence-electron chi connectivity index (χ3n) is 6.55. The standard InChI is InChI=1S/C29H31ClO7S/c1-18-5-6-20(16-36-22-7-8-24-21(14-28(31)32)17-37-27(24)15-22)13-25(18)23-9-10-26(29(30)19(23)2)35-11-4-12-38(3,33)34/h5-10,13,15,21H,4,11-12,14,16-17H2,1-3H3,(H,31,32)/t21-/m1/s1. The van der Waals surface area contributed by atoms with Gasteiger partial charge >= 0.3 is 5.97 Å². The Kier molecular flexibility index (Phi) is 8.53. The lowest BCUT2D eigenvalue weighted by molar-refractivity contribution is -0.137. The Balaban J connectivity index is 1.45. The summed E-state index contributed by atoms with van der Waals surface area (Å²) in [7, 11) is -3.03. The Labute approximate surface area is 228 Å². The molecule has 4 rings (SSSR count). The largest absolute Gasteiger partial charge is 0.492 e. The van der Waals surface area contributed by atoms with Gasteiger partial charge in [0.2, 0.25) is 0 Å². The van der Waals surface area contributed by atoms with Crippen LogP contribution in [-0.4, -0.2) is 44.7 Å². The molecular weight excluding hydrogens is 528 g/mol. The molecule has 3 aromatic rings. The molecule has 0 saturated heterocycles. The highest BCUT2D eigenvalue weighted by molar-refractivity contribution is 7.90. The molecule has 0 spiro atoms. The minimum absolute atomic E-state index is 0.0407. The molecule has 7 nitrogen and oxygen atoms in total. The summed E-state index contributed by atoms with van der Waals surface area (Å²) < 4.78 is 40.1. The maximum absolute atomic E-state index is 11.3. The van der Waals surface area contributed by atoms with Crippen molar-refractivity contribution in [1.82, 2.24) is 0 Å². The van der Waals surface area contributed by atoms with Gasteiger partial charge in [0.15, 0.2) is 0 Å². The van der Waals surface area contributed by atoms with Crippen LogP contribution in [0.25, 0.3) is 11.1 Å². The highest BCUT2D eigenvalue weighted by atomic mass is 35.5. The molecule has 202 valence electrons. The molecule has 0 bridgehead atoms. The van der Waals surface area contributed by atoms with Crippen molar-refractivity contribution in [1.29, 1.82) is 0 Å². The molecule has 0 saturated carbocycles. The maximum Gasteiger partial charge on any atom is 0.304 e. The van der Waals surface area contributed by atoms with E-state index >= 15 is 0 Å². The number of rotatable bonds is 11. The van der Waals surface area contributed by atoms with Gasteiger partial charge in [-0.2, -0.15) is 0 Å². The van der Waals surface area contributed by atoms with Gasteiger partial charge in [-0.05, 0) is 66.3 Å². The van der Waals surface area contributed by atoms with Gasteiger partial charge in [-0.1, -0.05) is 35.9 Å². The van der Waals surface area contributed by atoms with E-state index in [0.717, 1.165) is 33.4 Å². The number of sulfone groups is 1. The normalized spacial score (nSPS) is 14.6. The van der Waals surface area contributed by atoms with Crippen LogP contribution in [0.3, 0.4) is 0 Å². The van der Waals surface area contributed by atoms with E-state index in [2.05, 4.69) is 6.07 Å².